The maximum atomic E-state index is 11.9. The van der Waals surface area contributed by atoms with Crippen molar-refractivity contribution < 1.29 is 14.3 Å². The Bertz CT molecular complexity index is 608. The molecular weight excluding hydrogens is 278 g/mol. The maximum Gasteiger partial charge on any atom is 0.227 e. The van der Waals surface area contributed by atoms with Gasteiger partial charge in [-0.1, -0.05) is 31.2 Å². The molecule has 0 aliphatic carbocycles. The number of amides is 1. The largest absolute Gasteiger partial charge is 0.493 e. The minimum Gasteiger partial charge on any atom is -0.493 e. The topological polar surface area (TPSA) is 47.6 Å². The number of methoxy groups -OCH3 is 1. The van der Waals surface area contributed by atoms with E-state index in [9.17, 15) is 4.79 Å². The van der Waals surface area contributed by atoms with Crippen LogP contribution in [0.15, 0.2) is 48.5 Å². The molecule has 0 radical (unpaired) electrons. The summed E-state index contributed by atoms with van der Waals surface area (Å²) in [5.41, 5.74) is 2.05. The first-order valence-corrected chi connectivity index (χ1v) is 7.37. The fourth-order valence-electron chi connectivity index (χ4n) is 2.04. The van der Waals surface area contributed by atoms with E-state index in [1.807, 2.05) is 48.5 Å². The minimum absolute atomic E-state index is 0.0702. The Balaban J connectivity index is 1.80. The van der Waals surface area contributed by atoms with Crippen molar-refractivity contribution in [1.29, 1.82) is 0 Å². The molecule has 2 aromatic rings. The van der Waals surface area contributed by atoms with E-state index < -0.39 is 0 Å². The van der Waals surface area contributed by atoms with Gasteiger partial charge < -0.3 is 14.8 Å². The lowest BCUT2D eigenvalue weighted by atomic mass is 10.1. The van der Waals surface area contributed by atoms with Crippen LogP contribution in [0, 0.1) is 0 Å². The highest BCUT2D eigenvalue weighted by Crippen LogP contribution is 2.25. The van der Waals surface area contributed by atoms with Crippen LogP contribution < -0.4 is 14.8 Å². The molecule has 1 N–H and O–H groups in total. The first-order valence-electron chi connectivity index (χ1n) is 7.37. The van der Waals surface area contributed by atoms with Gasteiger partial charge in [0.15, 0.2) is 11.5 Å². The van der Waals surface area contributed by atoms with Crippen LogP contribution in [0.3, 0.4) is 0 Å². The summed E-state index contributed by atoms with van der Waals surface area (Å²) < 4.78 is 10.8. The summed E-state index contributed by atoms with van der Waals surface area (Å²) >= 11 is 0. The van der Waals surface area contributed by atoms with E-state index in [0.29, 0.717) is 18.1 Å². The second kappa shape index (κ2) is 8.08. The average Bonchev–Trinajstić information content (AvgIpc) is 2.56. The van der Waals surface area contributed by atoms with Crippen molar-refractivity contribution in [2.45, 2.75) is 19.8 Å². The van der Waals surface area contributed by atoms with Gasteiger partial charge in [-0.3, -0.25) is 4.79 Å². The number of carbonyl (C=O) groups excluding carboxylic acids is 1. The van der Waals surface area contributed by atoms with Crippen LogP contribution in [-0.4, -0.2) is 19.6 Å². The molecule has 0 aromatic heterocycles. The van der Waals surface area contributed by atoms with Gasteiger partial charge in [-0.2, -0.15) is 0 Å². The molecule has 0 unspecified atom stereocenters. The van der Waals surface area contributed by atoms with Crippen LogP contribution in [0.5, 0.6) is 11.5 Å². The number of carbonyl (C=O) groups is 1. The number of benzene rings is 2. The molecule has 0 aliphatic rings. The number of hydrogen-bond donors (Lipinski definition) is 1. The highest BCUT2D eigenvalue weighted by molar-refractivity contribution is 5.90. The van der Waals surface area contributed by atoms with Gasteiger partial charge in [0.1, 0.15) is 0 Å². The van der Waals surface area contributed by atoms with Crippen LogP contribution >= 0.6 is 0 Å². The molecule has 0 aliphatic heterocycles. The predicted octanol–water partition coefficient (Wildman–Crippen LogP) is 3.67. The summed E-state index contributed by atoms with van der Waals surface area (Å²) in [6.45, 7) is 2.40. The molecule has 0 spiro atoms. The van der Waals surface area contributed by atoms with Gasteiger partial charge in [-0.15, -0.1) is 0 Å². The first kappa shape index (κ1) is 15.9. The summed E-state index contributed by atoms with van der Waals surface area (Å²) in [6.07, 6.45) is 1.27. The molecule has 0 heterocycles. The van der Waals surface area contributed by atoms with Gasteiger partial charge in [-0.05, 0) is 36.2 Å². The fraction of sp³-hybridized carbons (Fsp3) is 0.278. The van der Waals surface area contributed by atoms with Crippen molar-refractivity contribution in [3.8, 4) is 11.5 Å². The molecule has 0 bridgehead atoms. The SMILES string of the molecule is CCc1ccc(NC(=O)CCOc2ccccc2OC)cc1. The molecule has 116 valence electrons. The van der Waals surface area contributed by atoms with E-state index in [2.05, 4.69) is 12.2 Å². The standard InChI is InChI=1S/C18H21NO3/c1-3-14-8-10-15(11-9-14)19-18(20)12-13-22-17-7-5-4-6-16(17)21-2/h4-11H,3,12-13H2,1-2H3,(H,19,20). The number of anilines is 1. The molecule has 4 nitrogen and oxygen atoms in total. The zero-order chi connectivity index (χ0) is 15.8. The third-order valence-electron chi connectivity index (χ3n) is 3.30. The van der Waals surface area contributed by atoms with Crippen molar-refractivity contribution in [1.82, 2.24) is 0 Å². The molecule has 0 atom stereocenters. The number of hydrogen-bond acceptors (Lipinski definition) is 3. The molecule has 0 fully saturated rings. The number of nitrogens with one attached hydrogen (secondary N) is 1. The van der Waals surface area contributed by atoms with E-state index in [-0.39, 0.29) is 12.3 Å². The Labute approximate surface area is 131 Å². The van der Waals surface area contributed by atoms with Crippen molar-refractivity contribution in [3.63, 3.8) is 0 Å². The normalized spacial score (nSPS) is 10.1. The Morgan fingerprint density at radius 3 is 2.36 bits per heavy atom. The van der Waals surface area contributed by atoms with E-state index >= 15 is 0 Å². The molecule has 2 aromatic carbocycles. The number of para-hydroxylation sites is 2. The Kier molecular flexibility index (Phi) is 5.83. The van der Waals surface area contributed by atoms with E-state index in [1.165, 1.54) is 5.56 Å². The third kappa shape index (κ3) is 4.52. The van der Waals surface area contributed by atoms with Crippen LogP contribution in [-0.2, 0) is 11.2 Å². The lowest BCUT2D eigenvalue weighted by molar-refractivity contribution is -0.116. The summed E-state index contributed by atoms with van der Waals surface area (Å²) in [6, 6.07) is 15.2. The van der Waals surface area contributed by atoms with Gasteiger partial charge in [0.05, 0.1) is 20.1 Å². The highest BCUT2D eigenvalue weighted by atomic mass is 16.5. The summed E-state index contributed by atoms with van der Waals surface area (Å²) in [7, 11) is 1.59. The molecular formula is C18H21NO3. The highest BCUT2D eigenvalue weighted by Gasteiger charge is 2.06. The molecule has 4 heteroatoms. The van der Waals surface area contributed by atoms with Crippen molar-refractivity contribution >= 4 is 11.6 Å². The van der Waals surface area contributed by atoms with Crippen LogP contribution in [0.4, 0.5) is 5.69 Å². The molecule has 0 saturated carbocycles. The van der Waals surface area contributed by atoms with E-state index in [4.69, 9.17) is 9.47 Å². The van der Waals surface area contributed by atoms with Gasteiger partial charge >= 0.3 is 0 Å². The lowest BCUT2D eigenvalue weighted by Crippen LogP contribution is -2.15. The van der Waals surface area contributed by atoms with Crippen LogP contribution in [0.25, 0.3) is 0 Å². The number of rotatable bonds is 7. The Hall–Kier alpha value is -2.49. The second-order valence-corrected chi connectivity index (χ2v) is 4.85. The monoisotopic (exact) mass is 299 g/mol. The number of aryl methyl sites for hydroxylation is 1. The quantitative estimate of drug-likeness (QED) is 0.848. The van der Waals surface area contributed by atoms with Crippen LogP contribution in [0.2, 0.25) is 0 Å². The van der Waals surface area contributed by atoms with Crippen molar-refractivity contribution in [2.24, 2.45) is 0 Å². The fourth-order valence-corrected chi connectivity index (χ4v) is 2.04. The van der Waals surface area contributed by atoms with Crippen molar-refractivity contribution in [2.75, 3.05) is 19.0 Å². The molecule has 0 saturated heterocycles. The summed E-state index contributed by atoms with van der Waals surface area (Å²) in [4.78, 5) is 11.9. The number of ether oxygens (including phenoxy) is 2. The first-order chi connectivity index (χ1) is 10.7. The van der Waals surface area contributed by atoms with E-state index in [0.717, 1.165) is 12.1 Å². The molecule has 2 rings (SSSR count). The minimum atomic E-state index is -0.0702. The van der Waals surface area contributed by atoms with Gasteiger partial charge in [0, 0.05) is 5.69 Å². The van der Waals surface area contributed by atoms with Gasteiger partial charge in [0.2, 0.25) is 5.91 Å². The third-order valence-corrected chi connectivity index (χ3v) is 3.30. The van der Waals surface area contributed by atoms with Crippen molar-refractivity contribution in [3.05, 3.63) is 54.1 Å². The Morgan fingerprint density at radius 2 is 1.73 bits per heavy atom. The molecule has 22 heavy (non-hydrogen) atoms. The predicted molar refractivity (Wildman–Crippen MR) is 87.6 cm³/mol. The summed E-state index contributed by atoms with van der Waals surface area (Å²) in [5.74, 6) is 1.24. The summed E-state index contributed by atoms with van der Waals surface area (Å²) in [5, 5.41) is 2.86. The van der Waals surface area contributed by atoms with E-state index in [1.54, 1.807) is 7.11 Å². The Morgan fingerprint density at radius 1 is 1.05 bits per heavy atom. The van der Waals surface area contributed by atoms with Gasteiger partial charge in [-0.25, -0.2) is 0 Å². The lowest BCUT2D eigenvalue weighted by Gasteiger charge is -2.10. The second-order valence-electron chi connectivity index (χ2n) is 4.85. The molecule has 1 amide bonds. The average molecular weight is 299 g/mol. The zero-order valence-corrected chi connectivity index (χ0v) is 13.0. The smallest absolute Gasteiger partial charge is 0.227 e. The zero-order valence-electron chi connectivity index (χ0n) is 13.0. The van der Waals surface area contributed by atoms with Gasteiger partial charge in [0.25, 0.3) is 0 Å². The van der Waals surface area contributed by atoms with Crippen LogP contribution in [0.1, 0.15) is 18.9 Å². The maximum absolute atomic E-state index is 11.9.